The maximum Gasteiger partial charge on any atom is 0.0791 e. The van der Waals surface area contributed by atoms with Crippen LogP contribution in [-0.2, 0) is 11.3 Å². The Kier molecular flexibility index (Phi) is 5.97. The molecule has 0 amide bonds. The molecule has 1 aromatic heterocycles. The number of aromatic nitrogens is 2. The van der Waals surface area contributed by atoms with Gasteiger partial charge in [-0.15, -0.1) is 0 Å². The van der Waals surface area contributed by atoms with E-state index in [4.69, 9.17) is 4.74 Å². The molecule has 0 unspecified atom stereocenters. The van der Waals surface area contributed by atoms with Crippen LogP contribution in [0.25, 0.3) is 0 Å². The number of hydrogen-bond donors (Lipinski definition) is 2. The van der Waals surface area contributed by atoms with E-state index in [1.807, 2.05) is 16.9 Å². The summed E-state index contributed by atoms with van der Waals surface area (Å²) in [5, 5.41) is 17.5. The Hall–Kier alpha value is -0.950. The molecule has 1 aliphatic rings. The molecule has 0 aliphatic carbocycles. The Balaban J connectivity index is 1.59. The highest BCUT2D eigenvalue weighted by molar-refractivity contribution is 4.78. The molecule has 2 heterocycles. The van der Waals surface area contributed by atoms with Gasteiger partial charge in [-0.05, 0) is 19.9 Å². The standard InChI is InChI=1S/C14H26N4O2/c1-12-9-17(10-13(2)20-12)11-14(19)8-15-5-7-18-6-3-4-16-18/h3-4,6,12-15,19H,5,7-11H2,1-2H3/t12-,13+,14-/m1/s1. The smallest absolute Gasteiger partial charge is 0.0791 e. The Morgan fingerprint density at radius 2 is 2.15 bits per heavy atom. The topological polar surface area (TPSA) is 62.5 Å². The van der Waals surface area contributed by atoms with Gasteiger partial charge in [0.1, 0.15) is 0 Å². The van der Waals surface area contributed by atoms with Crippen LogP contribution in [0.4, 0.5) is 0 Å². The summed E-state index contributed by atoms with van der Waals surface area (Å²) in [7, 11) is 0. The highest BCUT2D eigenvalue weighted by Gasteiger charge is 2.23. The second-order valence-electron chi connectivity index (χ2n) is 5.60. The van der Waals surface area contributed by atoms with Crippen LogP contribution < -0.4 is 5.32 Å². The number of rotatable bonds is 7. The van der Waals surface area contributed by atoms with E-state index < -0.39 is 0 Å². The second-order valence-corrected chi connectivity index (χ2v) is 5.60. The largest absolute Gasteiger partial charge is 0.390 e. The molecule has 0 saturated carbocycles. The molecule has 1 aliphatic heterocycles. The van der Waals surface area contributed by atoms with Crippen molar-refractivity contribution >= 4 is 0 Å². The lowest BCUT2D eigenvalue weighted by Gasteiger charge is -2.36. The molecule has 2 N–H and O–H groups in total. The summed E-state index contributed by atoms with van der Waals surface area (Å²) in [4.78, 5) is 2.28. The van der Waals surface area contributed by atoms with Crippen molar-refractivity contribution in [2.45, 2.75) is 38.7 Å². The molecular weight excluding hydrogens is 256 g/mol. The van der Waals surface area contributed by atoms with Gasteiger partial charge in [-0.2, -0.15) is 5.10 Å². The predicted octanol–water partition coefficient (Wildman–Crippen LogP) is -0.0572. The first-order valence-electron chi connectivity index (χ1n) is 7.37. The van der Waals surface area contributed by atoms with Gasteiger partial charge in [-0.25, -0.2) is 0 Å². The van der Waals surface area contributed by atoms with Crippen molar-refractivity contribution in [3.63, 3.8) is 0 Å². The van der Waals surface area contributed by atoms with Crippen LogP contribution in [0.2, 0.25) is 0 Å². The van der Waals surface area contributed by atoms with Gasteiger partial charge in [-0.3, -0.25) is 9.58 Å². The van der Waals surface area contributed by atoms with Gasteiger partial charge < -0.3 is 15.2 Å². The predicted molar refractivity (Wildman–Crippen MR) is 77.6 cm³/mol. The second kappa shape index (κ2) is 7.73. The first-order chi connectivity index (χ1) is 9.63. The first kappa shape index (κ1) is 15.4. The molecule has 6 nitrogen and oxygen atoms in total. The van der Waals surface area contributed by atoms with Gasteiger partial charge in [0.15, 0.2) is 0 Å². The zero-order valence-electron chi connectivity index (χ0n) is 12.4. The lowest BCUT2D eigenvalue weighted by Crippen LogP contribution is -2.49. The van der Waals surface area contributed by atoms with Crippen LogP contribution in [0, 0.1) is 0 Å². The van der Waals surface area contributed by atoms with E-state index in [0.717, 1.165) is 26.2 Å². The molecule has 1 fully saturated rings. The summed E-state index contributed by atoms with van der Waals surface area (Å²) in [6, 6.07) is 1.91. The Morgan fingerprint density at radius 1 is 1.40 bits per heavy atom. The maximum atomic E-state index is 10.1. The molecular formula is C14H26N4O2. The van der Waals surface area contributed by atoms with Crippen molar-refractivity contribution in [1.82, 2.24) is 20.0 Å². The van der Waals surface area contributed by atoms with Crippen molar-refractivity contribution in [2.75, 3.05) is 32.7 Å². The number of nitrogens with one attached hydrogen (secondary N) is 1. The quantitative estimate of drug-likeness (QED) is 0.686. The fourth-order valence-corrected chi connectivity index (χ4v) is 2.69. The van der Waals surface area contributed by atoms with E-state index in [9.17, 15) is 5.11 Å². The van der Waals surface area contributed by atoms with E-state index >= 15 is 0 Å². The molecule has 3 atom stereocenters. The minimum Gasteiger partial charge on any atom is -0.390 e. The molecule has 1 aromatic rings. The van der Waals surface area contributed by atoms with E-state index in [1.165, 1.54) is 0 Å². The molecule has 0 bridgehead atoms. The van der Waals surface area contributed by atoms with Crippen molar-refractivity contribution in [3.8, 4) is 0 Å². The first-order valence-corrected chi connectivity index (χ1v) is 7.37. The SMILES string of the molecule is C[C@@H]1CN(C[C@H](O)CNCCn2cccn2)C[C@H](C)O1. The van der Waals surface area contributed by atoms with Gasteiger partial charge in [0.25, 0.3) is 0 Å². The van der Waals surface area contributed by atoms with Gasteiger partial charge in [-0.1, -0.05) is 0 Å². The molecule has 0 radical (unpaired) electrons. The molecule has 0 spiro atoms. The minimum absolute atomic E-state index is 0.249. The van der Waals surface area contributed by atoms with Crippen LogP contribution in [0.5, 0.6) is 0 Å². The number of β-amino-alcohol motifs (C(OH)–C–C–N with tert-alkyl or cyclic N) is 1. The Labute approximate surface area is 120 Å². The van der Waals surface area contributed by atoms with Gasteiger partial charge in [0, 0.05) is 45.1 Å². The number of aliphatic hydroxyl groups is 1. The van der Waals surface area contributed by atoms with E-state index in [-0.39, 0.29) is 18.3 Å². The van der Waals surface area contributed by atoms with Crippen LogP contribution in [-0.4, -0.2) is 70.8 Å². The monoisotopic (exact) mass is 282 g/mol. The highest BCUT2D eigenvalue weighted by Crippen LogP contribution is 2.10. The van der Waals surface area contributed by atoms with Crippen LogP contribution in [0.15, 0.2) is 18.5 Å². The number of ether oxygens (including phenoxy) is 1. The van der Waals surface area contributed by atoms with Crippen molar-refractivity contribution in [3.05, 3.63) is 18.5 Å². The maximum absolute atomic E-state index is 10.1. The van der Waals surface area contributed by atoms with E-state index in [2.05, 4.69) is 29.2 Å². The third-order valence-corrected chi connectivity index (χ3v) is 3.42. The van der Waals surface area contributed by atoms with E-state index in [1.54, 1.807) is 6.20 Å². The molecule has 1 saturated heterocycles. The summed E-state index contributed by atoms with van der Waals surface area (Å²) in [6.07, 6.45) is 3.87. The van der Waals surface area contributed by atoms with E-state index in [0.29, 0.717) is 13.1 Å². The van der Waals surface area contributed by atoms with Crippen LogP contribution in [0.3, 0.4) is 0 Å². The molecule has 0 aromatic carbocycles. The lowest BCUT2D eigenvalue weighted by atomic mass is 10.2. The normalized spacial score (nSPS) is 25.8. The average Bonchev–Trinajstić information content (AvgIpc) is 2.86. The van der Waals surface area contributed by atoms with Crippen molar-refractivity contribution < 1.29 is 9.84 Å². The molecule has 6 heteroatoms. The summed E-state index contributed by atoms with van der Waals surface area (Å²) in [5.74, 6) is 0. The zero-order valence-corrected chi connectivity index (χ0v) is 12.4. The Bertz CT molecular complexity index is 361. The lowest BCUT2D eigenvalue weighted by molar-refractivity contribution is -0.0762. The molecule has 20 heavy (non-hydrogen) atoms. The number of aliphatic hydroxyl groups excluding tert-OH is 1. The van der Waals surface area contributed by atoms with Crippen LogP contribution >= 0.6 is 0 Å². The fraction of sp³-hybridized carbons (Fsp3) is 0.786. The minimum atomic E-state index is -0.342. The number of nitrogens with zero attached hydrogens (tertiary/aromatic N) is 3. The highest BCUT2D eigenvalue weighted by atomic mass is 16.5. The summed E-state index contributed by atoms with van der Waals surface area (Å²) in [5.41, 5.74) is 0. The zero-order chi connectivity index (χ0) is 14.4. The summed E-state index contributed by atoms with van der Waals surface area (Å²) < 4.78 is 7.57. The third kappa shape index (κ3) is 5.20. The van der Waals surface area contributed by atoms with Crippen molar-refractivity contribution in [2.24, 2.45) is 0 Å². The van der Waals surface area contributed by atoms with Gasteiger partial charge in [0.2, 0.25) is 0 Å². The third-order valence-electron chi connectivity index (χ3n) is 3.42. The summed E-state index contributed by atoms with van der Waals surface area (Å²) in [6.45, 7) is 8.91. The number of morpholine rings is 1. The van der Waals surface area contributed by atoms with Crippen molar-refractivity contribution in [1.29, 1.82) is 0 Å². The Morgan fingerprint density at radius 3 is 2.80 bits per heavy atom. The van der Waals surface area contributed by atoms with Gasteiger partial charge in [0.05, 0.1) is 24.9 Å². The molecule has 114 valence electrons. The average molecular weight is 282 g/mol. The fourth-order valence-electron chi connectivity index (χ4n) is 2.69. The molecule has 2 rings (SSSR count). The van der Waals surface area contributed by atoms with Gasteiger partial charge >= 0.3 is 0 Å². The summed E-state index contributed by atoms with van der Waals surface area (Å²) >= 11 is 0. The number of hydrogen-bond acceptors (Lipinski definition) is 5. The van der Waals surface area contributed by atoms with Crippen LogP contribution in [0.1, 0.15) is 13.8 Å².